The normalized spacial score (nSPS) is 11.0. The molecule has 7 heteroatoms. The number of aryl methyl sites for hydroxylation is 1. The Labute approximate surface area is 144 Å². The topological polar surface area (TPSA) is 82.8 Å². The third-order valence-electron chi connectivity index (χ3n) is 3.33. The number of rotatable bonds is 4. The van der Waals surface area contributed by atoms with Crippen molar-refractivity contribution in [1.29, 1.82) is 5.26 Å². The predicted octanol–water partition coefficient (Wildman–Crippen LogP) is 3.79. The molecule has 120 valence electrons. The van der Waals surface area contributed by atoms with Gasteiger partial charge in [0, 0.05) is 16.6 Å². The van der Waals surface area contributed by atoms with E-state index in [1.54, 1.807) is 30.3 Å². The molecule has 3 aromatic rings. The first kappa shape index (κ1) is 16.2. The molecule has 0 unspecified atom stereocenters. The Morgan fingerprint density at radius 3 is 2.67 bits per heavy atom. The Balaban J connectivity index is 1.95. The Morgan fingerprint density at radius 1 is 1.17 bits per heavy atom. The van der Waals surface area contributed by atoms with Gasteiger partial charge in [0.2, 0.25) is 0 Å². The highest BCUT2D eigenvalue weighted by atomic mass is 32.2. The van der Waals surface area contributed by atoms with E-state index in [-0.39, 0.29) is 10.5 Å². The third kappa shape index (κ3) is 3.30. The molecule has 0 bridgehead atoms. The van der Waals surface area contributed by atoms with Crippen molar-refractivity contribution in [2.24, 2.45) is 0 Å². The number of hydrogen-bond donors (Lipinski definition) is 1. The molecule has 0 spiro atoms. The van der Waals surface area contributed by atoms with E-state index < -0.39 is 10.0 Å². The van der Waals surface area contributed by atoms with Crippen molar-refractivity contribution in [3.8, 4) is 17.3 Å². The largest absolute Gasteiger partial charge is 0.280 e. The minimum atomic E-state index is -3.84. The van der Waals surface area contributed by atoms with Crippen LogP contribution in [0.1, 0.15) is 10.6 Å². The predicted molar refractivity (Wildman–Crippen MR) is 94.3 cm³/mol. The highest BCUT2D eigenvalue weighted by Gasteiger charge is 2.18. The molecule has 0 aliphatic carbocycles. The molecule has 1 aromatic heterocycles. The fourth-order valence-electron chi connectivity index (χ4n) is 2.24. The molecule has 24 heavy (non-hydrogen) atoms. The van der Waals surface area contributed by atoms with Gasteiger partial charge in [-0.3, -0.25) is 4.72 Å². The lowest BCUT2D eigenvalue weighted by atomic mass is 10.1. The van der Waals surface area contributed by atoms with Crippen LogP contribution >= 0.6 is 11.3 Å². The van der Waals surface area contributed by atoms with Gasteiger partial charge in [-0.25, -0.2) is 13.4 Å². The second-order valence-electron chi connectivity index (χ2n) is 5.05. The van der Waals surface area contributed by atoms with Gasteiger partial charge in [0.15, 0.2) is 0 Å². The van der Waals surface area contributed by atoms with Crippen LogP contribution in [-0.4, -0.2) is 13.4 Å². The van der Waals surface area contributed by atoms with E-state index in [9.17, 15) is 8.42 Å². The molecule has 0 fully saturated rings. The van der Waals surface area contributed by atoms with E-state index in [0.29, 0.717) is 5.69 Å². The summed E-state index contributed by atoms with van der Waals surface area (Å²) >= 11 is 1.53. The summed E-state index contributed by atoms with van der Waals surface area (Å²) in [6.07, 6.45) is 0. The van der Waals surface area contributed by atoms with Crippen molar-refractivity contribution in [3.63, 3.8) is 0 Å². The van der Waals surface area contributed by atoms with Crippen molar-refractivity contribution in [1.82, 2.24) is 4.98 Å². The van der Waals surface area contributed by atoms with Gasteiger partial charge in [0.05, 0.1) is 16.3 Å². The molecule has 1 N–H and O–H groups in total. The number of sulfonamides is 1. The lowest BCUT2D eigenvalue weighted by Crippen LogP contribution is -2.14. The number of nitrogens with one attached hydrogen (secondary N) is 1. The van der Waals surface area contributed by atoms with Crippen molar-refractivity contribution in [2.45, 2.75) is 11.8 Å². The first-order valence-electron chi connectivity index (χ1n) is 7.04. The number of hydrogen-bond acceptors (Lipinski definition) is 5. The standard InChI is InChI=1S/C17H13N3O2S2/c1-12-19-16(11-23-12)13-6-4-7-15(9-13)20-24(21,22)17-8-3-2-5-14(17)10-18/h2-9,11,20H,1H3. The third-order valence-corrected chi connectivity index (χ3v) is 5.54. The molecule has 0 amide bonds. The maximum absolute atomic E-state index is 12.6. The van der Waals surface area contributed by atoms with Gasteiger partial charge >= 0.3 is 0 Å². The van der Waals surface area contributed by atoms with Gasteiger partial charge in [0.1, 0.15) is 11.0 Å². The molecule has 0 radical (unpaired) electrons. The van der Waals surface area contributed by atoms with Crippen molar-refractivity contribution < 1.29 is 8.42 Å². The number of nitriles is 1. The number of benzene rings is 2. The fourth-order valence-corrected chi connectivity index (χ4v) is 4.07. The van der Waals surface area contributed by atoms with Crippen LogP contribution < -0.4 is 4.72 Å². The molecule has 5 nitrogen and oxygen atoms in total. The zero-order valence-corrected chi connectivity index (χ0v) is 14.4. The summed E-state index contributed by atoms with van der Waals surface area (Å²) in [6, 6.07) is 15.0. The first-order valence-corrected chi connectivity index (χ1v) is 9.40. The number of anilines is 1. The lowest BCUT2D eigenvalue weighted by molar-refractivity contribution is 0.601. The first-order chi connectivity index (χ1) is 11.5. The van der Waals surface area contributed by atoms with Crippen LogP contribution in [-0.2, 0) is 10.0 Å². The van der Waals surface area contributed by atoms with Crippen molar-refractivity contribution >= 4 is 27.0 Å². The van der Waals surface area contributed by atoms with E-state index in [1.165, 1.54) is 23.5 Å². The summed E-state index contributed by atoms with van der Waals surface area (Å²) in [4.78, 5) is 4.36. The summed E-state index contributed by atoms with van der Waals surface area (Å²) in [7, 11) is -3.84. The number of nitrogens with zero attached hydrogens (tertiary/aromatic N) is 2. The molecular weight excluding hydrogens is 342 g/mol. The zero-order valence-electron chi connectivity index (χ0n) is 12.7. The lowest BCUT2D eigenvalue weighted by Gasteiger charge is -2.10. The molecule has 3 rings (SSSR count). The smallest absolute Gasteiger partial charge is 0.263 e. The molecule has 0 aliphatic heterocycles. The van der Waals surface area contributed by atoms with Crippen LogP contribution in [0.4, 0.5) is 5.69 Å². The van der Waals surface area contributed by atoms with E-state index in [2.05, 4.69) is 9.71 Å². The van der Waals surface area contributed by atoms with Crippen LogP contribution in [0.25, 0.3) is 11.3 Å². The summed E-state index contributed by atoms with van der Waals surface area (Å²) in [5, 5.41) is 12.0. The Morgan fingerprint density at radius 2 is 1.96 bits per heavy atom. The Kier molecular flexibility index (Phi) is 4.34. The van der Waals surface area contributed by atoms with E-state index in [1.807, 2.05) is 24.4 Å². The molecule has 1 heterocycles. The number of thiazole rings is 1. The minimum Gasteiger partial charge on any atom is -0.280 e. The minimum absolute atomic E-state index is 0.0394. The maximum Gasteiger partial charge on any atom is 0.263 e. The fraction of sp³-hybridized carbons (Fsp3) is 0.0588. The maximum atomic E-state index is 12.6. The highest BCUT2D eigenvalue weighted by Crippen LogP contribution is 2.26. The van der Waals surface area contributed by atoms with Gasteiger partial charge in [-0.1, -0.05) is 24.3 Å². The molecule has 0 atom stereocenters. The summed E-state index contributed by atoms with van der Waals surface area (Å²) in [6.45, 7) is 1.92. The van der Waals surface area contributed by atoms with Crippen molar-refractivity contribution in [3.05, 3.63) is 64.5 Å². The van der Waals surface area contributed by atoms with Gasteiger partial charge in [-0.2, -0.15) is 5.26 Å². The van der Waals surface area contributed by atoms with Gasteiger partial charge in [-0.05, 0) is 31.2 Å². The summed E-state index contributed by atoms with van der Waals surface area (Å²) in [5.74, 6) is 0. The molecule has 0 saturated carbocycles. The average Bonchev–Trinajstić information content (AvgIpc) is 3.01. The Bertz CT molecular complexity index is 1030. The van der Waals surface area contributed by atoms with Crippen LogP contribution in [0.15, 0.2) is 58.8 Å². The van der Waals surface area contributed by atoms with E-state index in [4.69, 9.17) is 5.26 Å². The van der Waals surface area contributed by atoms with Crippen molar-refractivity contribution in [2.75, 3.05) is 4.72 Å². The molecule has 0 aliphatic rings. The monoisotopic (exact) mass is 355 g/mol. The highest BCUT2D eigenvalue weighted by molar-refractivity contribution is 7.92. The Hall–Kier alpha value is -2.69. The second kappa shape index (κ2) is 6.43. The van der Waals surface area contributed by atoms with Gasteiger partial charge in [-0.15, -0.1) is 11.3 Å². The van der Waals surface area contributed by atoms with Gasteiger partial charge < -0.3 is 0 Å². The average molecular weight is 355 g/mol. The van der Waals surface area contributed by atoms with Crippen LogP contribution in [0.2, 0.25) is 0 Å². The molecule has 0 saturated heterocycles. The van der Waals surface area contributed by atoms with Crippen LogP contribution in [0, 0.1) is 18.3 Å². The SMILES string of the molecule is Cc1nc(-c2cccc(NS(=O)(=O)c3ccccc3C#N)c2)cs1. The summed E-state index contributed by atoms with van der Waals surface area (Å²) in [5.41, 5.74) is 2.16. The van der Waals surface area contributed by atoms with E-state index >= 15 is 0 Å². The van der Waals surface area contributed by atoms with E-state index in [0.717, 1.165) is 16.3 Å². The van der Waals surface area contributed by atoms with Crippen LogP contribution in [0.5, 0.6) is 0 Å². The molecule has 2 aromatic carbocycles. The second-order valence-corrected chi connectivity index (χ2v) is 7.76. The van der Waals surface area contributed by atoms with Crippen LogP contribution in [0.3, 0.4) is 0 Å². The number of aromatic nitrogens is 1. The summed E-state index contributed by atoms with van der Waals surface area (Å²) < 4.78 is 27.6. The quantitative estimate of drug-likeness (QED) is 0.772. The zero-order chi connectivity index (χ0) is 17.2. The molecular formula is C17H13N3O2S2. The van der Waals surface area contributed by atoms with Gasteiger partial charge in [0.25, 0.3) is 10.0 Å².